The first-order valence-electron chi connectivity index (χ1n) is 10.9. The van der Waals surface area contributed by atoms with Gasteiger partial charge in [-0.1, -0.05) is 18.2 Å². The molecule has 2 aromatic rings. The van der Waals surface area contributed by atoms with E-state index in [4.69, 9.17) is 9.47 Å². The van der Waals surface area contributed by atoms with Crippen LogP contribution in [-0.4, -0.2) is 47.3 Å². The highest BCUT2D eigenvalue weighted by Gasteiger charge is 2.27. The molecule has 0 N–H and O–H groups in total. The van der Waals surface area contributed by atoms with Gasteiger partial charge in [0.15, 0.2) is 6.61 Å². The fourth-order valence-corrected chi connectivity index (χ4v) is 4.12. The first kappa shape index (κ1) is 22.0. The Balaban J connectivity index is 1.40. The number of ketones is 1. The number of hydrazone groups is 1. The van der Waals surface area contributed by atoms with Crippen LogP contribution in [0.25, 0.3) is 0 Å². The summed E-state index contributed by atoms with van der Waals surface area (Å²) in [6, 6.07) is 10.7. The molecule has 1 saturated heterocycles. The van der Waals surface area contributed by atoms with E-state index in [0.29, 0.717) is 17.8 Å². The highest BCUT2D eigenvalue weighted by molar-refractivity contribution is 6.38. The van der Waals surface area contributed by atoms with Crippen LogP contribution in [0.5, 0.6) is 0 Å². The maximum atomic E-state index is 12.8. The Morgan fingerprint density at radius 2 is 1.97 bits per heavy atom. The number of rotatable bonds is 7. The average Bonchev–Trinajstić information content (AvgIpc) is 3.42. The van der Waals surface area contributed by atoms with Crippen molar-refractivity contribution in [2.75, 3.05) is 18.2 Å². The van der Waals surface area contributed by atoms with Crippen LogP contribution >= 0.6 is 0 Å². The smallest absolute Gasteiger partial charge is 0.354 e. The standard InChI is InChI=1S/C24H27N3O5/c1-16-13-20(17(2)26(16)14-19-9-6-12-31-19)22(28)15-32-24(30)21-10-11-23(29)27(25-21)18-7-4-3-5-8-18/h3-5,7-8,13,19H,6,9-12,14-15H2,1-2H3. The first-order valence-corrected chi connectivity index (χ1v) is 10.9. The second-order valence-electron chi connectivity index (χ2n) is 8.12. The lowest BCUT2D eigenvalue weighted by molar-refractivity contribution is -0.134. The summed E-state index contributed by atoms with van der Waals surface area (Å²) in [6.45, 7) is 4.97. The molecule has 0 radical (unpaired) electrons. The summed E-state index contributed by atoms with van der Waals surface area (Å²) >= 11 is 0. The molecule has 8 nitrogen and oxygen atoms in total. The summed E-state index contributed by atoms with van der Waals surface area (Å²) in [5, 5.41) is 5.38. The molecule has 1 amide bonds. The van der Waals surface area contributed by atoms with E-state index < -0.39 is 5.97 Å². The molecule has 2 aliphatic heterocycles. The van der Waals surface area contributed by atoms with Crippen molar-refractivity contribution in [2.45, 2.75) is 52.2 Å². The molecule has 0 aliphatic carbocycles. The average molecular weight is 437 g/mol. The zero-order valence-electron chi connectivity index (χ0n) is 18.4. The van der Waals surface area contributed by atoms with Crippen molar-refractivity contribution in [1.82, 2.24) is 4.57 Å². The largest absolute Gasteiger partial charge is 0.453 e. The predicted molar refractivity (Wildman–Crippen MR) is 119 cm³/mol. The third kappa shape index (κ3) is 4.65. The van der Waals surface area contributed by atoms with Crippen molar-refractivity contribution < 1.29 is 23.9 Å². The van der Waals surface area contributed by atoms with Gasteiger partial charge in [-0.3, -0.25) is 9.59 Å². The number of Topliss-reactive ketones (excluding diaryl/α,β-unsaturated/α-hetero) is 1. The number of hydrogen-bond donors (Lipinski definition) is 0. The van der Waals surface area contributed by atoms with Crippen molar-refractivity contribution in [3.8, 4) is 0 Å². The molecule has 8 heteroatoms. The number of benzene rings is 1. The monoisotopic (exact) mass is 437 g/mol. The number of carbonyl (C=O) groups is 3. The van der Waals surface area contributed by atoms with Gasteiger partial charge in [-0.15, -0.1) is 0 Å². The molecule has 1 atom stereocenters. The molecule has 168 valence electrons. The Hall–Kier alpha value is -3.26. The van der Waals surface area contributed by atoms with E-state index in [-0.39, 0.29) is 43.0 Å². The van der Waals surface area contributed by atoms with E-state index in [2.05, 4.69) is 9.67 Å². The molecular weight excluding hydrogens is 410 g/mol. The van der Waals surface area contributed by atoms with Crippen LogP contribution in [0.15, 0.2) is 41.5 Å². The number of aromatic nitrogens is 1. The number of hydrogen-bond acceptors (Lipinski definition) is 6. The van der Waals surface area contributed by atoms with E-state index >= 15 is 0 Å². The van der Waals surface area contributed by atoms with Gasteiger partial charge in [0.05, 0.1) is 11.8 Å². The lowest BCUT2D eigenvalue weighted by Crippen LogP contribution is -2.35. The van der Waals surface area contributed by atoms with Crippen LogP contribution in [-0.2, 0) is 25.6 Å². The summed E-state index contributed by atoms with van der Waals surface area (Å²) in [6.07, 6.45) is 2.58. The fourth-order valence-electron chi connectivity index (χ4n) is 4.12. The van der Waals surface area contributed by atoms with Gasteiger partial charge < -0.3 is 14.0 Å². The summed E-state index contributed by atoms with van der Waals surface area (Å²) in [7, 11) is 0. The number of carbonyl (C=O) groups excluding carboxylic acids is 3. The van der Waals surface area contributed by atoms with E-state index in [0.717, 1.165) is 30.8 Å². The van der Waals surface area contributed by atoms with Gasteiger partial charge in [-0.05, 0) is 44.9 Å². The Labute approximate surface area is 186 Å². The van der Waals surface area contributed by atoms with E-state index in [1.54, 1.807) is 24.3 Å². The minimum Gasteiger partial charge on any atom is -0.453 e. The lowest BCUT2D eigenvalue weighted by atomic mass is 10.1. The minimum atomic E-state index is -0.681. The van der Waals surface area contributed by atoms with Gasteiger partial charge in [0, 0.05) is 42.9 Å². The molecule has 3 heterocycles. The number of aryl methyl sites for hydroxylation is 1. The Bertz CT molecular complexity index is 1050. The first-order chi connectivity index (χ1) is 15.4. The molecule has 0 spiro atoms. The quantitative estimate of drug-likeness (QED) is 0.490. The zero-order chi connectivity index (χ0) is 22.7. The van der Waals surface area contributed by atoms with Gasteiger partial charge in [0.25, 0.3) is 0 Å². The summed E-state index contributed by atoms with van der Waals surface area (Å²) in [5.41, 5.74) is 3.07. The highest BCUT2D eigenvalue weighted by atomic mass is 16.5. The molecule has 1 fully saturated rings. The van der Waals surface area contributed by atoms with E-state index in [1.807, 2.05) is 26.0 Å². The summed E-state index contributed by atoms with van der Waals surface area (Å²) < 4.78 is 13.1. The van der Waals surface area contributed by atoms with Gasteiger partial charge in [-0.2, -0.15) is 5.10 Å². The second kappa shape index (κ2) is 9.48. The third-order valence-corrected chi connectivity index (χ3v) is 5.89. The number of amides is 1. The van der Waals surface area contributed by atoms with Crippen molar-refractivity contribution >= 4 is 29.1 Å². The van der Waals surface area contributed by atoms with Crippen LogP contribution in [0.1, 0.15) is 47.4 Å². The molecule has 4 rings (SSSR count). The van der Waals surface area contributed by atoms with Crippen LogP contribution in [0.4, 0.5) is 5.69 Å². The number of nitrogens with zero attached hydrogens (tertiary/aromatic N) is 3. The number of anilines is 1. The molecule has 0 bridgehead atoms. The number of esters is 1. The Kier molecular flexibility index (Phi) is 6.50. The molecule has 1 aromatic heterocycles. The molecular formula is C24H27N3O5. The maximum absolute atomic E-state index is 12.8. The SMILES string of the molecule is Cc1cc(C(=O)COC(=O)C2=NN(c3ccccc3)C(=O)CC2)c(C)n1CC1CCCO1. The maximum Gasteiger partial charge on any atom is 0.354 e. The summed E-state index contributed by atoms with van der Waals surface area (Å²) in [4.78, 5) is 37.5. The van der Waals surface area contributed by atoms with Gasteiger partial charge in [0.1, 0.15) is 5.71 Å². The van der Waals surface area contributed by atoms with Crippen molar-refractivity contribution in [3.05, 3.63) is 53.3 Å². The zero-order valence-corrected chi connectivity index (χ0v) is 18.4. The molecule has 0 saturated carbocycles. The van der Waals surface area contributed by atoms with E-state index in [1.165, 1.54) is 5.01 Å². The topological polar surface area (TPSA) is 90.2 Å². The lowest BCUT2D eigenvalue weighted by Gasteiger charge is -2.22. The number of para-hydroxylation sites is 1. The van der Waals surface area contributed by atoms with Gasteiger partial charge >= 0.3 is 5.97 Å². The van der Waals surface area contributed by atoms with Gasteiger partial charge in [-0.25, -0.2) is 9.80 Å². The molecule has 1 unspecified atom stereocenters. The van der Waals surface area contributed by atoms with Crippen LogP contribution < -0.4 is 5.01 Å². The Morgan fingerprint density at radius 1 is 1.19 bits per heavy atom. The van der Waals surface area contributed by atoms with Crippen molar-refractivity contribution in [1.29, 1.82) is 0 Å². The molecule has 32 heavy (non-hydrogen) atoms. The van der Waals surface area contributed by atoms with Gasteiger partial charge in [0.2, 0.25) is 11.7 Å². The second-order valence-corrected chi connectivity index (χ2v) is 8.12. The predicted octanol–water partition coefficient (Wildman–Crippen LogP) is 3.19. The Morgan fingerprint density at radius 3 is 2.69 bits per heavy atom. The summed E-state index contributed by atoms with van der Waals surface area (Å²) in [5.74, 6) is -1.14. The van der Waals surface area contributed by atoms with Crippen LogP contribution in [0.2, 0.25) is 0 Å². The minimum absolute atomic E-state index is 0.130. The molecule has 2 aliphatic rings. The third-order valence-electron chi connectivity index (χ3n) is 5.89. The van der Waals surface area contributed by atoms with Crippen LogP contribution in [0, 0.1) is 13.8 Å². The highest BCUT2D eigenvalue weighted by Crippen LogP contribution is 2.22. The van der Waals surface area contributed by atoms with E-state index in [9.17, 15) is 14.4 Å². The normalized spacial score (nSPS) is 18.6. The van der Waals surface area contributed by atoms with Crippen molar-refractivity contribution in [2.24, 2.45) is 5.10 Å². The number of ether oxygens (including phenoxy) is 2. The van der Waals surface area contributed by atoms with Crippen molar-refractivity contribution in [3.63, 3.8) is 0 Å². The molecule has 1 aromatic carbocycles. The van der Waals surface area contributed by atoms with Crippen LogP contribution in [0.3, 0.4) is 0 Å². The fraction of sp³-hybridized carbons (Fsp3) is 0.417.